The largest absolute Gasteiger partial charge is 0.458 e. The predicted octanol–water partition coefficient (Wildman–Crippen LogP) is 3.91. The third kappa shape index (κ3) is 6.35. The lowest BCUT2D eigenvalue weighted by Crippen LogP contribution is -2.50. The van der Waals surface area contributed by atoms with Crippen molar-refractivity contribution in [2.45, 2.75) is 65.8 Å². The molecule has 2 aromatic rings. The molecule has 0 radical (unpaired) electrons. The number of amides is 1. The van der Waals surface area contributed by atoms with Gasteiger partial charge in [-0.05, 0) is 59.2 Å². The van der Waals surface area contributed by atoms with E-state index >= 15 is 0 Å². The summed E-state index contributed by atoms with van der Waals surface area (Å²) in [4.78, 5) is 40.1. The number of hydrogen-bond donors (Lipinski definition) is 1. The van der Waals surface area contributed by atoms with Gasteiger partial charge < -0.3 is 29.5 Å². The topological polar surface area (TPSA) is 100 Å². The normalized spacial score (nSPS) is 15.6. The lowest BCUT2D eigenvalue weighted by atomic mass is 10.0. The smallest absolute Gasteiger partial charge is 0.414 e. The van der Waals surface area contributed by atoms with Gasteiger partial charge in [-0.1, -0.05) is 12.1 Å². The number of nitrogens with one attached hydrogen (secondary N) is 1. The fourth-order valence-corrected chi connectivity index (χ4v) is 3.99. The third-order valence-electron chi connectivity index (χ3n) is 5.77. The van der Waals surface area contributed by atoms with Gasteiger partial charge in [0.2, 0.25) is 5.95 Å². The Morgan fingerprint density at radius 3 is 2.33 bits per heavy atom. The van der Waals surface area contributed by atoms with Crippen molar-refractivity contribution < 1.29 is 19.1 Å². The first kappa shape index (κ1) is 27.0. The van der Waals surface area contributed by atoms with Crippen molar-refractivity contribution in [3.05, 3.63) is 36.0 Å². The molecule has 1 aromatic heterocycles. The number of benzene rings is 1. The maximum atomic E-state index is 13.5. The van der Waals surface area contributed by atoms with Gasteiger partial charge in [-0.25, -0.2) is 14.6 Å². The summed E-state index contributed by atoms with van der Waals surface area (Å²) in [6.45, 7) is 13.2. The van der Waals surface area contributed by atoms with Gasteiger partial charge in [-0.2, -0.15) is 4.98 Å². The summed E-state index contributed by atoms with van der Waals surface area (Å²) in [5.41, 5.74) is 1.03. The Balaban J connectivity index is 1.94. The minimum atomic E-state index is -0.642. The first-order chi connectivity index (χ1) is 16.9. The number of rotatable bonds is 8. The molecule has 2 atom stereocenters. The molecule has 0 fully saturated rings. The Morgan fingerprint density at radius 1 is 1.14 bits per heavy atom. The zero-order valence-electron chi connectivity index (χ0n) is 22.5. The second-order valence-corrected chi connectivity index (χ2v) is 9.97. The Kier molecular flexibility index (Phi) is 8.27. The van der Waals surface area contributed by atoms with Crippen LogP contribution < -0.4 is 19.9 Å². The number of hydrogen-bond acceptors (Lipinski definition) is 9. The Labute approximate surface area is 213 Å². The van der Waals surface area contributed by atoms with Gasteiger partial charge >= 0.3 is 12.1 Å². The Hall–Kier alpha value is -3.56. The molecule has 10 heteroatoms. The molecule has 1 N–H and O–H groups in total. The molecule has 1 aliphatic rings. The third-order valence-corrected chi connectivity index (χ3v) is 5.77. The summed E-state index contributed by atoms with van der Waals surface area (Å²) < 4.78 is 11.2. The van der Waals surface area contributed by atoms with E-state index in [9.17, 15) is 9.59 Å². The van der Waals surface area contributed by atoms with Crippen LogP contribution in [0, 0.1) is 0 Å². The second-order valence-electron chi connectivity index (χ2n) is 9.97. The van der Waals surface area contributed by atoms with Crippen LogP contribution in [0.5, 0.6) is 5.75 Å². The van der Waals surface area contributed by atoms with E-state index in [2.05, 4.69) is 29.0 Å². The highest BCUT2D eigenvalue weighted by Crippen LogP contribution is 2.36. The molecule has 1 amide bonds. The number of ether oxygens (including phenoxy) is 2. The van der Waals surface area contributed by atoms with E-state index in [1.165, 1.54) is 4.90 Å². The number of carbonyl (C=O) groups excluding carboxylic acids is 2. The van der Waals surface area contributed by atoms with Crippen LogP contribution >= 0.6 is 0 Å². The number of nitrogens with zero attached hydrogens (tertiary/aromatic N) is 5. The van der Waals surface area contributed by atoms with Crippen LogP contribution in [0.1, 0.15) is 47.1 Å². The zero-order valence-corrected chi connectivity index (χ0v) is 22.5. The van der Waals surface area contributed by atoms with Crippen LogP contribution in [0.3, 0.4) is 0 Å². The van der Waals surface area contributed by atoms with Gasteiger partial charge in [0.1, 0.15) is 17.4 Å². The molecular weight excluding hydrogens is 460 g/mol. The Morgan fingerprint density at radius 2 is 1.78 bits per heavy atom. The van der Waals surface area contributed by atoms with Crippen LogP contribution in [-0.4, -0.2) is 71.9 Å². The maximum Gasteiger partial charge on any atom is 0.414 e. The first-order valence-electron chi connectivity index (χ1n) is 12.3. The summed E-state index contributed by atoms with van der Waals surface area (Å²) >= 11 is 0. The van der Waals surface area contributed by atoms with Gasteiger partial charge in [0, 0.05) is 33.6 Å². The molecule has 36 heavy (non-hydrogen) atoms. The highest BCUT2D eigenvalue weighted by atomic mass is 16.6. The average Bonchev–Trinajstić information content (AvgIpc) is 3.13. The molecule has 0 bridgehead atoms. The average molecular weight is 499 g/mol. The van der Waals surface area contributed by atoms with Crippen molar-refractivity contribution in [3.8, 4) is 5.75 Å². The molecule has 0 saturated heterocycles. The molecular formula is C26H38N6O4. The lowest BCUT2D eigenvalue weighted by Gasteiger charge is -2.33. The van der Waals surface area contributed by atoms with Crippen molar-refractivity contribution >= 4 is 29.5 Å². The van der Waals surface area contributed by atoms with E-state index in [0.717, 1.165) is 24.3 Å². The maximum absolute atomic E-state index is 13.5. The molecule has 3 rings (SSSR count). The monoisotopic (exact) mass is 498 g/mol. The molecule has 0 aliphatic carbocycles. The first-order valence-corrected chi connectivity index (χ1v) is 12.3. The van der Waals surface area contributed by atoms with E-state index in [-0.39, 0.29) is 12.1 Å². The van der Waals surface area contributed by atoms with Crippen molar-refractivity contribution in [1.29, 1.82) is 0 Å². The van der Waals surface area contributed by atoms with Crippen LogP contribution in [0.25, 0.3) is 0 Å². The summed E-state index contributed by atoms with van der Waals surface area (Å²) in [6, 6.07) is 6.52. The van der Waals surface area contributed by atoms with Gasteiger partial charge in [0.05, 0.1) is 18.1 Å². The van der Waals surface area contributed by atoms with Gasteiger partial charge in [-0.15, -0.1) is 0 Å². The highest BCUT2D eigenvalue weighted by Gasteiger charge is 2.39. The molecule has 196 valence electrons. The van der Waals surface area contributed by atoms with Gasteiger partial charge in [-0.3, -0.25) is 0 Å². The molecule has 1 aliphatic heterocycles. The molecule has 1 unspecified atom stereocenters. The molecule has 0 saturated carbocycles. The molecule has 0 spiro atoms. The van der Waals surface area contributed by atoms with E-state index < -0.39 is 17.7 Å². The van der Waals surface area contributed by atoms with Crippen LogP contribution in [0.2, 0.25) is 0 Å². The minimum absolute atomic E-state index is 0.195. The van der Waals surface area contributed by atoms with E-state index in [1.54, 1.807) is 32.4 Å². The highest BCUT2D eigenvalue weighted by molar-refractivity contribution is 5.85. The number of aromatic nitrogens is 2. The van der Waals surface area contributed by atoms with E-state index in [1.807, 2.05) is 44.7 Å². The van der Waals surface area contributed by atoms with Crippen LogP contribution in [0.15, 0.2) is 30.5 Å². The summed E-state index contributed by atoms with van der Waals surface area (Å²) in [7, 11) is 3.25. The van der Waals surface area contributed by atoms with Gasteiger partial charge in [0.15, 0.2) is 5.82 Å². The number of esters is 1. The van der Waals surface area contributed by atoms with E-state index in [0.29, 0.717) is 23.9 Å². The quantitative estimate of drug-likeness (QED) is 0.543. The fraction of sp³-hybridized carbons (Fsp3) is 0.538. The van der Waals surface area contributed by atoms with E-state index in [4.69, 9.17) is 14.5 Å². The predicted molar refractivity (Wildman–Crippen MR) is 141 cm³/mol. The number of fused-ring (bicyclic) bond motifs is 1. The van der Waals surface area contributed by atoms with Crippen LogP contribution in [-0.2, 0) is 16.0 Å². The van der Waals surface area contributed by atoms with Crippen molar-refractivity contribution in [1.82, 2.24) is 14.9 Å². The second kappa shape index (κ2) is 11.0. The molecule has 1 aromatic carbocycles. The Bertz CT molecular complexity index is 1060. The SMILES string of the molecule is CCN(CC)c1ncc2c(n1)N([C@@H](Cc1ccc(OC(=O)N(C)C)cc1)C(=O)OC(C)(C)C)C(C)N2. The minimum Gasteiger partial charge on any atom is -0.458 e. The standard InChI is InChI=1S/C26H38N6O4/c1-9-31(10-2)24-27-16-20-22(29-24)32(17(3)28-20)21(23(33)36-26(4,5)6)15-18-11-13-19(14-12-18)35-25(34)30(7)8/h11-14,16-17,21,28H,9-10,15H2,1-8H3/t17?,21-/m0/s1. The summed E-state index contributed by atoms with van der Waals surface area (Å²) in [6.07, 6.45) is 1.50. The van der Waals surface area contributed by atoms with Gasteiger partial charge in [0.25, 0.3) is 0 Å². The fourth-order valence-electron chi connectivity index (χ4n) is 3.99. The number of carbonyl (C=O) groups is 2. The molecule has 10 nitrogen and oxygen atoms in total. The summed E-state index contributed by atoms with van der Waals surface area (Å²) in [5, 5.41) is 3.39. The van der Waals surface area contributed by atoms with Crippen molar-refractivity contribution in [2.24, 2.45) is 0 Å². The summed E-state index contributed by atoms with van der Waals surface area (Å²) in [5.74, 6) is 1.39. The van der Waals surface area contributed by atoms with Crippen LogP contribution in [0.4, 0.5) is 22.2 Å². The molecule has 2 heterocycles. The lowest BCUT2D eigenvalue weighted by molar-refractivity contribution is -0.156. The number of anilines is 3. The van der Waals surface area contributed by atoms with Crippen molar-refractivity contribution in [3.63, 3.8) is 0 Å². The van der Waals surface area contributed by atoms with Crippen molar-refractivity contribution in [2.75, 3.05) is 42.3 Å². The zero-order chi connectivity index (χ0) is 26.6.